The molecule has 8 atom stereocenters. The Hall–Kier alpha value is -1.11. The predicted molar refractivity (Wildman–Crippen MR) is 171 cm³/mol. The quantitative estimate of drug-likeness (QED) is 0.263. The fourth-order valence-corrected chi connectivity index (χ4v) is 10.6. The van der Waals surface area contributed by atoms with Crippen molar-refractivity contribution in [2.45, 2.75) is 111 Å². The Morgan fingerprint density at radius 2 is 1.74 bits per heavy atom. The van der Waals surface area contributed by atoms with Crippen LogP contribution in [0.4, 0.5) is 4.79 Å². The van der Waals surface area contributed by atoms with E-state index in [1.54, 1.807) is 5.57 Å². The van der Waals surface area contributed by atoms with Crippen molar-refractivity contribution in [3.63, 3.8) is 0 Å². The van der Waals surface area contributed by atoms with Gasteiger partial charge in [0.1, 0.15) is 6.10 Å². The van der Waals surface area contributed by atoms with E-state index in [1.165, 1.54) is 51.4 Å². The molecule has 1 aliphatic heterocycles. The van der Waals surface area contributed by atoms with Gasteiger partial charge in [0.15, 0.2) is 0 Å². The van der Waals surface area contributed by atoms with E-state index >= 15 is 0 Å². The lowest BCUT2D eigenvalue weighted by molar-refractivity contribution is -0.0581. The van der Waals surface area contributed by atoms with Crippen molar-refractivity contribution in [1.29, 1.82) is 0 Å². The number of allylic oxidation sites excluding steroid dienone is 1. The minimum Gasteiger partial charge on any atom is -0.446 e. The van der Waals surface area contributed by atoms with E-state index in [0.717, 1.165) is 94.0 Å². The topological polar surface area (TPSA) is 65.0 Å². The Morgan fingerprint density at radius 3 is 2.45 bits per heavy atom. The van der Waals surface area contributed by atoms with Crippen LogP contribution in [0.3, 0.4) is 0 Å². The molecule has 0 aromatic heterocycles. The third kappa shape index (κ3) is 6.91. The molecule has 240 valence electrons. The maximum absolute atomic E-state index is 12.7. The highest BCUT2D eigenvalue weighted by Gasteiger charge is 2.59. The number of β-amino-alcohol motifs (C(OH)–C–C–N with tert-alkyl or cyclic N) is 1. The van der Waals surface area contributed by atoms with Crippen LogP contribution in [-0.4, -0.2) is 79.5 Å². The minimum atomic E-state index is -0.246. The van der Waals surface area contributed by atoms with Crippen LogP contribution in [0.5, 0.6) is 0 Å². The number of fused-ring (bicyclic) bond motifs is 5. The summed E-state index contributed by atoms with van der Waals surface area (Å²) in [6.45, 7) is 19.0. The summed E-state index contributed by atoms with van der Waals surface area (Å²) >= 11 is 0. The van der Waals surface area contributed by atoms with Crippen LogP contribution >= 0.6 is 0 Å². The lowest BCUT2D eigenvalue weighted by Gasteiger charge is -2.58. The molecular weight excluding hydrogens is 522 g/mol. The van der Waals surface area contributed by atoms with Gasteiger partial charge in [0.05, 0.1) is 6.61 Å². The summed E-state index contributed by atoms with van der Waals surface area (Å²) in [4.78, 5) is 17.4. The number of aliphatic hydroxyl groups is 1. The van der Waals surface area contributed by atoms with Gasteiger partial charge in [-0.2, -0.15) is 0 Å². The zero-order chi connectivity index (χ0) is 29.9. The first-order chi connectivity index (χ1) is 20.1. The normalized spacial score (nSPS) is 37.9. The molecule has 4 aliphatic carbocycles. The van der Waals surface area contributed by atoms with Crippen molar-refractivity contribution in [3.05, 3.63) is 11.6 Å². The number of hydrogen-bond acceptors (Lipinski definition) is 5. The average Bonchev–Trinajstić information content (AvgIpc) is 3.31. The lowest BCUT2D eigenvalue weighted by Crippen LogP contribution is -2.51. The van der Waals surface area contributed by atoms with Gasteiger partial charge in [-0.05, 0) is 91.3 Å². The van der Waals surface area contributed by atoms with Gasteiger partial charge >= 0.3 is 6.09 Å². The largest absolute Gasteiger partial charge is 0.446 e. The fraction of sp³-hybridized carbons (Fsp3) is 0.917. The molecule has 42 heavy (non-hydrogen) atoms. The van der Waals surface area contributed by atoms with Crippen molar-refractivity contribution in [3.8, 4) is 0 Å². The highest BCUT2D eigenvalue weighted by Crippen LogP contribution is 2.67. The van der Waals surface area contributed by atoms with Gasteiger partial charge in [0, 0.05) is 52.2 Å². The van der Waals surface area contributed by atoms with Crippen molar-refractivity contribution in [2.75, 3.05) is 52.4 Å². The molecule has 0 spiro atoms. The zero-order valence-corrected chi connectivity index (χ0v) is 27.7. The minimum absolute atomic E-state index is 0.0132. The van der Waals surface area contributed by atoms with E-state index < -0.39 is 0 Å². The van der Waals surface area contributed by atoms with Crippen molar-refractivity contribution >= 4 is 6.09 Å². The van der Waals surface area contributed by atoms with E-state index in [1.807, 2.05) is 0 Å². The summed E-state index contributed by atoms with van der Waals surface area (Å²) in [5.41, 5.74) is 2.42. The SMILES string of the molecule is CC(C)CCC[C@@H](C)[C@H]1CCC2[C@@H]3CC=C4CC(OC(=O)NCCN5CCN(CCO)CC5)CC[C@]4(C)[C@H]3CC[C@@]21C. The first-order valence-corrected chi connectivity index (χ1v) is 17.8. The number of amides is 1. The number of carbonyl (C=O) groups excluding carboxylic acids is 1. The summed E-state index contributed by atoms with van der Waals surface area (Å²) in [6.07, 6.45) is 16.6. The van der Waals surface area contributed by atoms with Crippen LogP contribution in [0.15, 0.2) is 11.6 Å². The Balaban J connectivity index is 1.10. The van der Waals surface area contributed by atoms with Gasteiger partial charge < -0.3 is 15.2 Å². The molecule has 5 rings (SSSR count). The van der Waals surface area contributed by atoms with Crippen LogP contribution in [-0.2, 0) is 4.74 Å². The predicted octanol–water partition coefficient (Wildman–Crippen LogP) is 6.73. The maximum atomic E-state index is 12.7. The standard InChI is InChI=1S/C36H63N3O3/c1-26(2)7-6-8-27(3)31-11-12-32-30-10-9-28-25-29(13-15-35(28,4)33(30)14-16-36(31,32)5)42-34(41)37-17-18-38-19-21-39(22-20-38)23-24-40/h9,26-27,29-33,40H,6-8,10-25H2,1-5H3,(H,37,41)/t27-,29?,30+,31-,32?,33+,35+,36-/m1/s1. The van der Waals surface area contributed by atoms with Crippen molar-refractivity contribution < 1.29 is 14.6 Å². The number of carbonyl (C=O) groups is 1. The van der Waals surface area contributed by atoms with Gasteiger partial charge in [-0.1, -0.05) is 65.5 Å². The van der Waals surface area contributed by atoms with Crippen LogP contribution in [0.1, 0.15) is 105 Å². The Morgan fingerprint density at radius 1 is 1.00 bits per heavy atom. The summed E-state index contributed by atoms with van der Waals surface area (Å²) < 4.78 is 5.99. The molecule has 5 aliphatic rings. The highest BCUT2D eigenvalue weighted by molar-refractivity contribution is 5.67. The molecule has 1 amide bonds. The second-order valence-electron chi connectivity index (χ2n) is 15.9. The Kier molecular flexibility index (Phi) is 10.7. The van der Waals surface area contributed by atoms with E-state index in [-0.39, 0.29) is 18.8 Å². The van der Waals surface area contributed by atoms with Gasteiger partial charge in [-0.25, -0.2) is 4.79 Å². The van der Waals surface area contributed by atoms with Crippen molar-refractivity contribution in [1.82, 2.24) is 15.1 Å². The second-order valence-corrected chi connectivity index (χ2v) is 15.9. The Labute approximate surface area is 257 Å². The molecule has 4 fully saturated rings. The molecular formula is C36H63N3O3. The number of hydrogen-bond donors (Lipinski definition) is 2. The molecule has 3 saturated carbocycles. The maximum Gasteiger partial charge on any atom is 0.407 e. The van der Waals surface area contributed by atoms with Gasteiger partial charge in [-0.3, -0.25) is 9.80 Å². The zero-order valence-electron chi connectivity index (χ0n) is 27.7. The molecule has 6 nitrogen and oxygen atoms in total. The molecule has 6 heteroatoms. The number of nitrogens with zero attached hydrogens (tertiary/aromatic N) is 2. The summed E-state index contributed by atoms with van der Waals surface area (Å²) in [5.74, 6) is 5.14. The molecule has 2 N–H and O–H groups in total. The number of alkyl carbamates (subject to hydrolysis) is 1. The number of rotatable bonds is 11. The van der Waals surface area contributed by atoms with Crippen LogP contribution in [0, 0.1) is 46.3 Å². The van der Waals surface area contributed by atoms with Crippen LogP contribution in [0.2, 0.25) is 0 Å². The number of piperazine rings is 1. The fourth-order valence-electron chi connectivity index (χ4n) is 10.6. The van der Waals surface area contributed by atoms with Crippen LogP contribution < -0.4 is 5.32 Å². The van der Waals surface area contributed by atoms with Gasteiger partial charge in [0.25, 0.3) is 0 Å². The first-order valence-electron chi connectivity index (χ1n) is 17.8. The van der Waals surface area contributed by atoms with Crippen molar-refractivity contribution in [2.24, 2.45) is 46.3 Å². The number of ether oxygens (including phenoxy) is 1. The molecule has 0 aromatic carbocycles. The molecule has 0 aromatic rings. The Bertz CT molecular complexity index is 930. The summed E-state index contributed by atoms with van der Waals surface area (Å²) in [6, 6.07) is 0. The molecule has 2 unspecified atom stereocenters. The van der Waals surface area contributed by atoms with E-state index in [0.29, 0.717) is 17.4 Å². The lowest BCUT2D eigenvalue weighted by atomic mass is 9.47. The van der Waals surface area contributed by atoms with Crippen LogP contribution in [0.25, 0.3) is 0 Å². The molecule has 0 bridgehead atoms. The monoisotopic (exact) mass is 585 g/mol. The second kappa shape index (κ2) is 13.9. The van der Waals surface area contributed by atoms with Gasteiger partial charge in [-0.15, -0.1) is 0 Å². The van der Waals surface area contributed by atoms with E-state index in [4.69, 9.17) is 9.84 Å². The number of nitrogens with one attached hydrogen (secondary N) is 1. The third-order valence-corrected chi connectivity index (χ3v) is 13.1. The van der Waals surface area contributed by atoms with E-state index in [2.05, 4.69) is 55.8 Å². The third-order valence-electron chi connectivity index (χ3n) is 13.1. The van der Waals surface area contributed by atoms with Gasteiger partial charge in [0.2, 0.25) is 0 Å². The first kappa shape index (κ1) is 32.3. The van der Waals surface area contributed by atoms with E-state index in [9.17, 15) is 4.79 Å². The molecule has 0 radical (unpaired) electrons. The highest BCUT2D eigenvalue weighted by atomic mass is 16.6. The smallest absolute Gasteiger partial charge is 0.407 e. The summed E-state index contributed by atoms with van der Waals surface area (Å²) in [7, 11) is 0. The molecule has 1 saturated heterocycles. The molecule has 1 heterocycles. The number of aliphatic hydroxyl groups excluding tert-OH is 1. The summed E-state index contributed by atoms with van der Waals surface area (Å²) in [5, 5.41) is 12.2. The average molecular weight is 586 g/mol.